The van der Waals surface area contributed by atoms with E-state index >= 15 is 0 Å². The van der Waals surface area contributed by atoms with E-state index in [4.69, 9.17) is 4.42 Å². The topological polar surface area (TPSA) is 133 Å². The van der Waals surface area contributed by atoms with Crippen LogP contribution < -0.4 is 11.0 Å². The molecule has 10 heteroatoms. The highest BCUT2D eigenvalue weighted by Crippen LogP contribution is 2.24. The number of nitrogens with one attached hydrogen (secondary N) is 1. The number of furan rings is 1. The van der Waals surface area contributed by atoms with Crippen LogP contribution in [0, 0.1) is 10.1 Å². The maximum atomic E-state index is 12.8. The zero-order valence-corrected chi connectivity index (χ0v) is 18.3. The van der Waals surface area contributed by atoms with E-state index in [0.717, 1.165) is 12.8 Å². The van der Waals surface area contributed by atoms with Gasteiger partial charge >= 0.3 is 0 Å². The Kier molecular flexibility index (Phi) is 6.58. The number of hydrogen-bond donors (Lipinski definition) is 1. The first-order valence-corrected chi connectivity index (χ1v) is 10.7. The number of fused-ring (bicyclic) bond motifs is 1. The van der Waals surface area contributed by atoms with E-state index in [1.807, 2.05) is 6.92 Å². The van der Waals surface area contributed by atoms with Gasteiger partial charge in [0, 0.05) is 29.6 Å². The van der Waals surface area contributed by atoms with Gasteiger partial charge in [-0.3, -0.25) is 19.7 Å². The fraction of sp³-hybridized carbons (Fsp3) is 0.167. The van der Waals surface area contributed by atoms with Gasteiger partial charge in [0.2, 0.25) is 0 Å². The summed E-state index contributed by atoms with van der Waals surface area (Å²) >= 11 is 0. The van der Waals surface area contributed by atoms with Crippen molar-refractivity contribution in [2.75, 3.05) is 0 Å². The minimum absolute atomic E-state index is 0.0121. The molecule has 0 aliphatic carbocycles. The number of hydrogen-bond acceptors (Lipinski definition) is 7. The number of amides is 1. The Morgan fingerprint density at radius 1 is 1.15 bits per heavy atom. The van der Waals surface area contributed by atoms with Gasteiger partial charge in [-0.2, -0.15) is 10.2 Å². The largest absolute Gasteiger partial charge is 0.455 e. The summed E-state index contributed by atoms with van der Waals surface area (Å²) in [7, 11) is 0. The number of hydrazone groups is 1. The highest BCUT2D eigenvalue weighted by molar-refractivity contribution is 6.04. The fourth-order valence-electron chi connectivity index (χ4n) is 3.39. The molecule has 4 rings (SSSR count). The number of non-ortho nitro benzene ring substituents is 1. The molecule has 1 N–H and O–H groups in total. The summed E-state index contributed by atoms with van der Waals surface area (Å²) < 4.78 is 6.99. The lowest BCUT2D eigenvalue weighted by Crippen LogP contribution is -2.29. The van der Waals surface area contributed by atoms with Gasteiger partial charge < -0.3 is 4.42 Å². The van der Waals surface area contributed by atoms with Crippen LogP contribution in [0.15, 0.2) is 75.0 Å². The lowest BCUT2D eigenvalue weighted by molar-refractivity contribution is -0.384. The van der Waals surface area contributed by atoms with Crippen LogP contribution in [0.3, 0.4) is 0 Å². The van der Waals surface area contributed by atoms with Crippen LogP contribution in [-0.2, 0) is 6.54 Å². The zero-order valence-electron chi connectivity index (χ0n) is 18.3. The van der Waals surface area contributed by atoms with Crippen molar-refractivity contribution in [3.63, 3.8) is 0 Å². The van der Waals surface area contributed by atoms with Crippen molar-refractivity contribution >= 4 is 28.6 Å². The van der Waals surface area contributed by atoms with E-state index in [1.165, 1.54) is 23.0 Å². The molecular formula is C24H21N5O5. The Balaban J connectivity index is 1.52. The summed E-state index contributed by atoms with van der Waals surface area (Å²) in [5.74, 6) is 0.317. The Morgan fingerprint density at radius 2 is 1.88 bits per heavy atom. The quantitative estimate of drug-likeness (QED) is 0.239. The van der Waals surface area contributed by atoms with E-state index < -0.39 is 10.8 Å². The standard InChI is InChI=1S/C24H21N5O5/c1-2-3-14-28-24(31)20-7-5-4-6-19(20)22(27-28)23(30)26-25-15-18-12-13-21(34-18)16-8-10-17(11-9-16)29(32)33/h4-13,15H,2-3,14H2,1H3,(H,26,30)/b25-15+. The van der Waals surface area contributed by atoms with Crippen LogP contribution >= 0.6 is 0 Å². The van der Waals surface area contributed by atoms with Gasteiger partial charge in [-0.15, -0.1) is 0 Å². The zero-order chi connectivity index (χ0) is 24.1. The van der Waals surface area contributed by atoms with E-state index in [1.54, 1.807) is 48.5 Å². The van der Waals surface area contributed by atoms with Gasteiger partial charge in [0.25, 0.3) is 17.2 Å². The molecule has 0 fully saturated rings. The monoisotopic (exact) mass is 459 g/mol. The number of aryl methyl sites for hydroxylation is 1. The Hall–Kier alpha value is -4.60. The minimum Gasteiger partial charge on any atom is -0.455 e. The van der Waals surface area contributed by atoms with E-state index in [2.05, 4.69) is 15.6 Å². The molecule has 0 saturated heterocycles. The SMILES string of the molecule is CCCCn1nc(C(=O)N/N=C/c2ccc(-c3ccc([N+](=O)[O-])cc3)o2)c2ccccc2c1=O. The van der Waals surface area contributed by atoms with E-state index in [-0.39, 0.29) is 16.9 Å². The van der Waals surface area contributed by atoms with Gasteiger partial charge in [0.05, 0.1) is 16.5 Å². The van der Waals surface area contributed by atoms with Crippen molar-refractivity contribution in [1.82, 2.24) is 15.2 Å². The molecule has 0 aliphatic heterocycles. The molecule has 1 amide bonds. The maximum Gasteiger partial charge on any atom is 0.292 e. The summed E-state index contributed by atoms with van der Waals surface area (Å²) in [5.41, 5.74) is 2.95. The Labute approximate surface area is 193 Å². The predicted octanol–water partition coefficient (Wildman–Crippen LogP) is 4.13. The molecule has 0 radical (unpaired) electrons. The third-order valence-corrected chi connectivity index (χ3v) is 5.15. The number of nitro groups is 1. The number of nitrogens with zero attached hydrogens (tertiary/aromatic N) is 4. The number of benzene rings is 2. The average Bonchev–Trinajstić information content (AvgIpc) is 3.32. The molecule has 2 aromatic heterocycles. The van der Waals surface area contributed by atoms with E-state index in [9.17, 15) is 19.7 Å². The summed E-state index contributed by atoms with van der Waals surface area (Å²) in [5, 5.41) is 19.9. The van der Waals surface area contributed by atoms with Crippen LogP contribution in [0.5, 0.6) is 0 Å². The van der Waals surface area contributed by atoms with Crippen LogP contribution in [-0.4, -0.2) is 26.8 Å². The highest BCUT2D eigenvalue weighted by atomic mass is 16.6. The molecule has 0 unspecified atom stereocenters. The number of carbonyl (C=O) groups excluding carboxylic acids is 1. The second-order valence-corrected chi connectivity index (χ2v) is 7.48. The van der Waals surface area contributed by atoms with Gasteiger partial charge in [-0.05, 0) is 36.8 Å². The van der Waals surface area contributed by atoms with Crippen molar-refractivity contribution in [2.45, 2.75) is 26.3 Å². The lowest BCUT2D eigenvalue weighted by Gasteiger charge is -2.09. The fourth-order valence-corrected chi connectivity index (χ4v) is 3.39. The van der Waals surface area contributed by atoms with Crippen LogP contribution in [0.2, 0.25) is 0 Å². The maximum absolute atomic E-state index is 12.8. The van der Waals surface area contributed by atoms with Crippen molar-refractivity contribution in [1.29, 1.82) is 0 Å². The van der Waals surface area contributed by atoms with Crippen molar-refractivity contribution < 1.29 is 14.1 Å². The van der Waals surface area contributed by atoms with Crippen LogP contribution in [0.1, 0.15) is 36.0 Å². The molecule has 0 spiro atoms. The molecule has 0 atom stereocenters. The molecule has 2 aromatic carbocycles. The van der Waals surface area contributed by atoms with Crippen LogP contribution in [0.4, 0.5) is 5.69 Å². The second kappa shape index (κ2) is 9.90. The summed E-state index contributed by atoms with van der Waals surface area (Å²) in [4.78, 5) is 35.8. The van der Waals surface area contributed by atoms with Gasteiger partial charge in [-0.1, -0.05) is 31.5 Å². The number of carbonyl (C=O) groups is 1. The number of nitro benzene ring substituents is 1. The number of aromatic nitrogens is 2. The predicted molar refractivity (Wildman–Crippen MR) is 127 cm³/mol. The number of rotatable bonds is 8. The Bertz CT molecular complexity index is 1440. The molecule has 4 aromatic rings. The molecule has 2 heterocycles. The molecular weight excluding hydrogens is 438 g/mol. The first-order chi connectivity index (χ1) is 16.5. The van der Waals surface area contributed by atoms with E-state index in [0.29, 0.717) is 34.4 Å². The second-order valence-electron chi connectivity index (χ2n) is 7.48. The molecule has 172 valence electrons. The van der Waals surface area contributed by atoms with Crippen LogP contribution in [0.25, 0.3) is 22.1 Å². The minimum atomic E-state index is -0.556. The third-order valence-electron chi connectivity index (χ3n) is 5.15. The van der Waals surface area contributed by atoms with Crippen molar-refractivity contribution in [3.05, 3.63) is 92.6 Å². The van der Waals surface area contributed by atoms with Gasteiger partial charge in [0.1, 0.15) is 11.5 Å². The molecule has 0 bridgehead atoms. The van der Waals surface area contributed by atoms with Crippen molar-refractivity contribution in [2.24, 2.45) is 5.10 Å². The molecule has 0 aliphatic rings. The summed E-state index contributed by atoms with van der Waals surface area (Å²) in [6.07, 6.45) is 2.99. The first-order valence-electron chi connectivity index (χ1n) is 10.7. The highest BCUT2D eigenvalue weighted by Gasteiger charge is 2.16. The average molecular weight is 459 g/mol. The smallest absolute Gasteiger partial charge is 0.292 e. The Morgan fingerprint density at radius 3 is 2.59 bits per heavy atom. The van der Waals surface area contributed by atoms with Crippen molar-refractivity contribution in [3.8, 4) is 11.3 Å². The van der Waals surface area contributed by atoms with Gasteiger partial charge in [-0.25, -0.2) is 10.1 Å². The molecule has 0 saturated carbocycles. The first kappa shape index (κ1) is 22.6. The molecule has 10 nitrogen and oxygen atoms in total. The van der Waals surface area contributed by atoms with Gasteiger partial charge in [0.15, 0.2) is 5.69 Å². The normalized spacial score (nSPS) is 11.2. The lowest BCUT2D eigenvalue weighted by atomic mass is 10.1. The molecule has 34 heavy (non-hydrogen) atoms. The number of unbranched alkanes of at least 4 members (excludes halogenated alkanes) is 1. The summed E-state index contributed by atoms with van der Waals surface area (Å²) in [6.45, 7) is 2.43. The third kappa shape index (κ3) is 4.75. The summed E-state index contributed by atoms with van der Waals surface area (Å²) in [6, 6.07) is 16.1.